The number of aliphatic imine (C=N–C) groups is 1. The Morgan fingerprint density at radius 3 is 2.94 bits per heavy atom. The Bertz CT molecular complexity index is 561. The minimum atomic E-state index is 0.0154. The van der Waals surface area contributed by atoms with E-state index in [9.17, 15) is 0 Å². The zero-order chi connectivity index (χ0) is 13.0. The van der Waals surface area contributed by atoms with Gasteiger partial charge in [0.25, 0.3) is 0 Å². The molecule has 1 aromatic carbocycles. The Kier molecular flexibility index (Phi) is 4.42. The quantitative estimate of drug-likeness (QED) is 0.893. The van der Waals surface area contributed by atoms with Crippen LogP contribution < -0.4 is 0 Å². The number of hydrogen-bond acceptors (Lipinski definition) is 3. The van der Waals surface area contributed by atoms with E-state index in [1.807, 2.05) is 30.3 Å². The van der Waals surface area contributed by atoms with Crippen LogP contribution in [0.1, 0.15) is 5.56 Å². The number of rotatable bonds is 2. The molecule has 1 N–H and O–H groups in total. The summed E-state index contributed by atoms with van der Waals surface area (Å²) in [5.74, 6) is 0. The Morgan fingerprint density at radius 1 is 1.39 bits per heavy atom. The van der Waals surface area contributed by atoms with Crippen molar-refractivity contribution in [3.05, 3.63) is 65.2 Å². The molecule has 0 saturated heterocycles. The summed E-state index contributed by atoms with van der Waals surface area (Å²) in [4.78, 5) is 6.25. The molecule has 0 spiro atoms. The summed E-state index contributed by atoms with van der Waals surface area (Å²) in [7, 11) is 0. The Labute approximate surface area is 115 Å². The molecular weight excluding hydrogens is 266 g/mol. The van der Waals surface area contributed by atoms with Crippen molar-refractivity contribution < 1.29 is 5.11 Å². The van der Waals surface area contributed by atoms with Gasteiger partial charge in [0.2, 0.25) is 0 Å². The fourth-order valence-electron chi connectivity index (χ4n) is 1.48. The molecule has 1 aromatic rings. The highest BCUT2D eigenvalue weighted by molar-refractivity contribution is 8.03. The molecule has 1 heterocycles. The second kappa shape index (κ2) is 6.05. The fourth-order valence-corrected chi connectivity index (χ4v) is 2.77. The third kappa shape index (κ3) is 2.93. The van der Waals surface area contributed by atoms with E-state index in [0.717, 1.165) is 15.4 Å². The maximum absolute atomic E-state index is 8.72. The average molecular weight is 278 g/mol. The van der Waals surface area contributed by atoms with Crippen LogP contribution in [0.15, 0.2) is 69.6 Å². The molecule has 1 aliphatic rings. The molecule has 0 aliphatic carbocycles. The van der Waals surface area contributed by atoms with Gasteiger partial charge in [-0.15, -0.1) is 0 Å². The van der Waals surface area contributed by atoms with Gasteiger partial charge in [-0.1, -0.05) is 60.3 Å². The Hall–Kier alpha value is -1.29. The van der Waals surface area contributed by atoms with E-state index in [1.54, 1.807) is 23.9 Å². The van der Waals surface area contributed by atoms with Crippen LogP contribution >= 0.6 is 23.4 Å². The van der Waals surface area contributed by atoms with Crippen LogP contribution in [-0.4, -0.2) is 16.9 Å². The van der Waals surface area contributed by atoms with Crippen molar-refractivity contribution >= 4 is 28.5 Å². The Balaban J connectivity index is 2.42. The first kappa shape index (κ1) is 13.1. The summed E-state index contributed by atoms with van der Waals surface area (Å²) < 4.78 is 0. The zero-order valence-corrected chi connectivity index (χ0v) is 11.2. The SMILES string of the molecule is C=C1N=C(Cl)c2ccccc2S/C1=C/C=C/CO. The van der Waals surface area contributed by atoms with Crippen molar-refractivity contribution in [2.24, 2.45) is 4.99 Å². The predicted octanol–water partition coefficient (Wildman–Crippen LogP) is 3.72. The lowest BCUT2D eigenvalue weighted by Gasteiger charge is -2.04. The molecule has 0 atom stereocenters. The van der Waals surface area contributed by atoms with Gasteiger partial charge in [-0.05, 0) is 12.1 Å². The van der Waals surface area contributed by atoms with Gasteiger partial charge in [0, 0.05) is 15.4 Å². The van der Waals surface area contributed by atoms with Gasteiger partial charge in [-0.3, -0.25) is 0 Å². The first-order valence-corrected chi connectivity index (χ1v) is 6.60. The third-order valence-electron chi connectivity index (χ3n) is 2.34. The van der Waals surface area contributed by atoms with Crippen molar-refractivity contribution in [1.82, 2.24) is 0 Å². The maximum atomic E-state index is 8.72. The fraction of sp³-hybridized carbons (Fsp3) is 0.0714. The highest BCUT2D eigenvalue weighted by atomic mass is 35.5. The molecule has 0 saturated carbocycles. The number of benzene rings is 1. The summed E-state index contributed by atoms with van der Waals surface area (Å²) in [6.45, 7) is 3.93. The van der Waals surface area contributed by atoms with Gasteiger partial charge in [-0.2, -0.15) is 0 Å². The number of hydrogen-bond donors (Lipinski definition) is 1. The smallest absolute Gasteiger partial charge is 0.138 e. The average Bonchev–Trinajstić information content (AvgIpc) is 2.48. The molecule has 0 radical (unpaired) electrons. The lowest BCUT2D eigenvalue weighted by molar-refractivity contribution is 0.343. The molecule has 0 amide bonds. The normalized spacial score (nSPS) is 17.8. The molecular formula is C14H12ClNOS. The third-order valence-corrected chi connectivity index (χ3v) is 3.79. The first-order valence-electron chi connectivity index (χ1n) is 5.41. The van der Waals surface area contributed by atoms with Crippen LogP contribution in [0.3, 0.4) is 0 Å². The molecule has 0 aromatic heterocycles. The number of halogens is 1. The second-order valence-electron chi connectivity index (χ2n) is 3.59. The van der Waals surface area contributed by atoms with Gasteiger partial charge in [0.05, 0.1) is 12.3 Å². The minimum Gasteiger partial charge on any atom is -0.392 e. The maximum Gasteiger partial charge on any atom is 0.138 e. The summed E-state index contributed by atoms with van der Waals surface area (Å²) in [6, 6.07) is 7.83. The van der Waals surface area contributed by atoms with Crippen molar-refractivity contribution in [2.75, 3.05) is 6.61 Å². The number of thioether (sulfide) groups is 1. The molecule has 2 rings (SSSR count). The van der Waals surface area contributed by atoms with E-state index in [0.29, 0.717) is 10.9 Å². The van der Waals surface area contributed by atoms with Crippen molar-refractivity contribution in [3.63, 3.8) is 0 Å². The zero-order valence-electron chi connectivity index (χ0n) is 9.64. The molecule has 2 nitrogen and oxygen atoms in total. The summed E-state index contributed by atoms with van der Waals surface area (Å²) >= 11 is 7.73. The molecule has 4 heteroatoms. The highest BCUT2D eigenvalue weighted by Gasteiger charge is 2.15. The lowest BCUT2D eigenvalue weighted by Crippen LogP contribution is -1.91. The van der Waals surface area contributed by atoms with Crippen LogP contribution in [0.25, 0.3) is 0 Å². The molecule has 0 bridgehead atoms. The topological polar surface area (TPSA) is 32.6 Å². The van der Waals surface area contributed by atoms with E-state index in [-0.39, 0.29) is 6.61 Å². The number of allylic oxidation sites excluding steroid dienone is 2. The Morgan fingerprint density at radius 2 is 2.17 bits per heavy atom. The molecule has 92 valence electrons. The molecule has 18 heavy (non-hydrogen) atoms. The van der Waals surface area contributed by atoms with Gasteiger partial charge >= 0.3 is 0 Å². The highest BCUT2D eigenvalue weighted by Crippen LogP contribution is 2.37. The van der Waals surface area contributed by atoms with Crippen LogP contribution in [0.4, 0.5) is 0 Å². The summed E-state index contributed by atoms with van der Waals surface area (Å²) in [5, 5.41) is 9.18. The largest absolute Gasteiger partial charge is 0.392 e. The van der Waals surface area contributed by atoms with Gasteiger partial charge in [-0.25, -0.2) is 4.99 Å². The van der Waals surface area contributed by atoms with Crippen LogP contribution in [0.5, 0.6) is 0 Å². The van der Waals surface area contributed by atoms with Gasteiger partial charge in [0.15, 0.2) is 0 Å². The van der Waals surface area contributed by atoms with Crippen LogP contribution in [0, 0.1) is 0 Å². The van der Waals surface area contributed by atoms with E-state index in [4.69, 9.17) is 16.7 Å². The summed E-state index contributed by atoms with van der Waals surface area (Å²) in [6.07, 6.45) is 5.31. The number of fused-ring (bicyclic) bond motifs is 1. The predicted molar refractivity (Wildman–Crippen MR) is 78.1 cm³/mol. The monoisotopic (exact) mass is 277 g/mol. The van der Waals surface area contributed by atoms with Gasteiger partial charge < -0.3 is 5.11 Å². The lowest BCUT2D eigenvalue weighted by atomic mass is 10.2. The van der Waals surface area contributed by atoms with E-state index in [1.165, 1.54) is 0 Å². The molecule has 1 aliphatic heterocycles. The van der Waals surface area contributed by atoms with Crippen molar-refractivity contribution in [3.8, 4) is 0 Å². The first-order chi connectivity index (χ1) is 8.72. The van der Waals surface area contributed by atoms with E-state index in [2.05, 4.69) is 11.6 Å². The standard InChI is InChI=1S/C14H12ClNOS/c1-10-12(7-4-5-9-17)18-13-8-3-2-6-11(13)14(15)16-10/h2-8,17H,1,9H2/b5-4+,12-7+. The van der Waals surface area contributed by atoms with E-state index >= 15 is 0 Å². The number of aliphatic hydroxyl groups is 1. The van der Waals surface area contributed by atoms with Gasteiger partial charge in [0.1, 0.15) is 5.17 Å². The number of aliphatic hydroxyl groups excluding tert-OH is 1. The number of nitrogens with zero attached hydrogens (tertiary/aromatic N) is 1. The van der Waals surface area contributed by atoms with Crippen molar-refractivity contribution in [1.29, 1.82) is 0 Å². The van der Waals surface area contributed by atoms with Crippen LogP contribution in [0.2, 0.25) is 0 Å². The van der Waals surface area contributed by atoms with E-state index < -0.39 is 0 Å². The minimum absolute atomic E-state index is 0.0154. The summed E-state index contributed by atoms with van der Waals surface area (Å²) in [5.41, 5.74) is 1.55. The van der Waals surface area contributed by atoms with Crippen LogP contribution in [-0.2, 0) is 0 Å². The molecule has 0 unspecified atom stereocenters. The molecule has 0 fully saturated rings. The second-order valence-corrected chi connectivity index (χ2v) is 5.03. The van der Waals surface area contributed by atoms with Crippen molar-refractivity contribution in [2.45, 2.75) is 4.90 Å².